The highest BCUT2D eigenvalue weighted by molar-refractivity contribution is 6.46. The summed E-state index contributed by atoms with van der Waals surface area (Å²) >= 11 is 0. The van der Waals surface area contributed by atoms with Crippen LogP contribution in [-0.2, 0) is 16.1 Å². The smallest absolute Gasteiger partial charge is 0.296 e. The average Bonchev–Trinajstić information content (AvgIpc) is 3.08. The maximum absolute atomic E-state index is 13.2. The summed E-state index contributed by atoms with van der Waals surface area (Å²) in [6.45, 7) is 4.66. The Morgan fingerprint density at radius 3 is 2.50 bits per heavy atom. The van der Waals surface area contributed by atoms with E-state index in [1.807, 2.05) is 13.8 Å². The molecule has 0 spiro atoms. The lowest BCUT2D eigenvalue weighted by Crippen LogP contribution is -2.29. The summed E-state index contributed by atoms with van der Waals surface area (Å²) in [5.74, 6) is -0.849. The number of likely N-dealkylation sites (tertiary alicyclic amines) is 1. The third-order valence-electron chi connectivity index (χ3n) is 5.50. The number of nitrogens with zero attached hydrogens (tertiary/aromatic N) is 2. The molecule has 0 aliphatic carbocycles. The minimum absolute atomic E-state index is 0.0207. The van der Waals surface area contributed by atoms with Gasteiger partial charge in [0.25, 0.3) is 11.7 Å². The van der Waals surface area contributed by atoms with Crippen molar-refractivity contribution in [3.05, 3.63) is 95.3 Å². The van der Waals surface area contributed by atoms with Gasteiger partial charge in [-0.1, -0.05) is 44.2 Å². The maximum atomic E-state index is 13.2. The monoisotopic (exact) mass is 458 g/mol. The van der Waals surface area contributed by atoms with Gasteiger partial charge < -0.3 is 19.8 Å². The molecular weight excluding hydrogens is 432 g/mol. The van der Waals surface area contributed by atoms with E-state index in [0.29, 0.717) is 35.1 Å². The largest absolute Gasteiger partial charge is 0.508 e. The van der Waals surface area contributed by atoms with Crippen LogP contribution in [0.1, 0.15) is 36.7 Å². The van der Waals surface area contributed by atoms with Crippen molar-refractivity contribution in [1.82, 2.24) is 9.88 Å². The fraction of sp³-hybridized carbons (Fsp3) is 0.222. The van der Waals surface area contributed by atoms with Crippen LogP contribution in [0, 0.1) is 5.92 Å². The Balaban J connectivity index is 1.79. The average molecular weight is 459 g/mol. The van der Waals surface area contributed by atoms with E-state index < -0.39 is 17.7 Å². The second-order valence-electron chi connectivity index (χ2n) is 8.57. The predicted octanol–water partition coefficient (Wildman–Crippen LogP) is 4.44. The lowest BCUT2D eigenvalue weighted by Gasteiger charge is -2.25. The molecule has 34 heavy (non-hydrogen) atoms. The fourth-order valence-electron chi connectivity index (χ4n) is 3.86. The molecule has 2 aromatic carbocycles. The van der Waals surface area contributed by atoms with Crippen molar-refractivity contribution in [3.63, 3.8) is 0 Å². The van der Waals surface area contributed by atoms with Gasteiger partial charge in [-0.2, -0.15) is 0 Å². The number of aromatic hydroxyl groups is 1. The summed E-state index contributed by atoms with van der Waals surface area (Å²) in [5, 5.41) is 21.0. The highest BCUT2D eigenvalue weighted by Gasteiger charge is 2.46. The molecule has 4 rings (SSSR count). The number of Topliss-reactive ketones (excluding diaryl/α,β-unsaturated/α-hetero) is 1. The Kier molecular flexibility index (Phi) is 6.63. The molecule has 174 valence electrons. The van der Waals surface area contributed by atoms with Crippen LogP contribution >= 0.6 is 0 Å². The zero-order chi connectivity index (χ0) is 24.2. The number of carbonyl (C=O) groups is 2. The number of aliphatic hydroxyl groups excluding tert-OH is 1. The molecule has 1 fully saturated rings. The molecule has 2 N–H and O–H groups in total. The first-order valence-corrected chi connectivity index (χ1v) is 11.1. The summed E-state index contributed by atoms with van der Waals surface area (Å²) in [6.07, 6.45) is 1.62. The first kappa shape index (κ1) is 23.0. The first-order valence-electron chi connectivity index (χ1n) is 11.1. The molecule has 1 aromatic heterocycles. The van der Waals surface area contributed by atoms with Crippen molar-refractivity contribution in [2.75, 3.05) is 6.61 Å². The molecule has 1 amide bonds. The molecule has 1 atom stereocenters. The van der Waals surface area contributed by atoms with Crippen LogP contribution in [0.25, 0.3) is 5.76 Å². The number of pyridine rings is 1. The fourth-order valence-corrected chi connectivity index (χ4v) is 3.86. The van der Waals surface area contributed by atoms with Gasteiger partial charge in [0.1, 0.15) is 17.3 Å². The first-order chi connectivity index (χ1) is 16.3. The number of phenolic OH excluding ortho intramolecular Hbond substituents is 1. The number of aromatic nitrogens is 1. The van der Waals surface area contributed by atoms with Gasteiger partial charge in [0.05, 0.1) is 30.5 Å². The van der Waals surface area contributed by atoms with Crippen molar-refractivity contribution in [3.8, 4) is 11.5 Å². The highest BCUT2D eigenvalue weighted by atomic mass is 16.5. The molecule has 0 radical (unpaired) electrons. The zero-order valence-corrected chi connectivity index (χ0v) is 19.0. The van der Waals surface area contributed by atoms with Gasteiger partial charge in [-0.05, 0) is 47.9 Å². The van der Waals surface area contributed by atoms with Crippen molar-refractivity contribution in [2.45, 2.75) is 26.4 Å². The lowest BCUT2D eigenvalue weighted by atomic mass is 9.95. The number of benzene rings is 2. The van der Waals surface area contributed by atoms with E-state index in [9.17, 15) is 19.8 Å². The highest BCUT2D eigenvalue weighted by Crippen LogP contribution is 2.40. The number of ketones is 1. The Labute approximate surface area is 198 Å². The lowest BCUT2D eigenvalue weighted by molar-refractivity contribution is -0.140. The van der Waals surface area contributed by atoms with Crippen LogP contribution < -0.4 is 4.74 Å². The topological polar surface area (TPSA) is 100.0 Å². The van der Waals surface area contributed by atoms with Crippen molar-refractivity contribution in [2.24, 2.45) is 5.92 Å². The van der Waals surface area contributed by atoms with Gasteiger partial charge in [-0.3, -0.25) is 14.6 Å². The standard InChI is InChI=1S/C27H26N2O5/c1-17(2)16-34-22-8-5-6-19(14-22)25(31)23-24(18-9-11-21(30)12-10-18)29(27(33)26(23)32)15-20-7-3-4-13-28-20/h3-14,17,24,30-31H,15-16H2,1-2H3/b25-23-. The second kappa shape index (κ2) is 9.79. The number of aliphatic hydroxyl groups is 1. The van der Waals surface area contributed by atoms with E-state index in [4.69, 9.17) is 4.74 Å². The Morgan fingerprint density at radius 1 is 1.06 bits per heavy atom. The van der Waals surface area contributed by atoms with Crippen LogP contribution in [0.15, 0.2) is 78.5 Å². The Morgan fingerprint density at radius 2 is 1.82 bits per heavy atom. The van der Waals surface area contributed by atoms with Gasteiger partial charge in [-0.15, -0.1) is 0 Å². The van der Waals surface area contributed by atoms with Crippen LogP contribution in [0.5, 0.6) is 11.5 Å². The van der Waals surface area contributed by atoms with Gasteiger partial charge >= 0.3 is 0 Å². The van der Waals surface area contributed by atoms with E-state index in [-0.39, 0.29) is 23.6 Å². The number of ether oxygens (including phenoxy) is 1. The van der Waals surface area contributed by atoms with Crippen molar-refractivity contribution < 1.29 is 24.5 Å². The molecule has 3 aromatic rings. The minimum atomic E-state index is -0.845. The number of hydrogen-bond acceptors (Lipinski definition) is 6. The normalized spacial score (nSPS) is 17.4. The van der Waals surface area contributed by atoms with Crippen molar-refractivity contribution >= 4 is 17.4 Å². The van der Waals surface area contributed by atoms with Gasteiger partial charge in [0.15, 0.2) is 0 Å². The van der Waals surface area contributed by atoms with Crippen LogP contribution in [0.4, 0.5) is 0 Å². The third kappa shape index (κ3) is 4.78. The number of phenols is 1. The van der Waals surface area contributed by atoms with Crippen LogP contribution in [0.3, 0.4) is 0 Å². The molecule has 1 unspecified atom stereocenters. The predicted molar refractivity (Wildman–Crippen MR) is 127 cm³/mol. The molecule has 2 heterocycles. The van der Waals surface area contributed by atoms with E-state index >= 15 is 0 Å². The molecule has 1 aliphatic rings. The third-order valence-corrected chi connectivity index (χ3v) is 5.50. The summed E-state index contributed by atoms with van der Waals surface area (Å²) < 4.78 is 5.76. The molecule has 7 heteroatoms. The number of carbonyl (C=O) groups excluding carboxylic acids is 2. The van der Waals surface area contributed by atoms with Crippen LogP contribution in [-0.4, -0.2) is 38.4 Å². The number of hydrogen-bond donors (Lipinski definition) is 2. The summed E-state index contributed by atoms with van der Waals surface area (Å²) in [6, 6.07) is 17.5. The molecular formula is C27H26N2O5. The summed E-state index contributed by atoms with van der Waals surface area (Å²) in [5.41, 5.74) is 1.55. The van der Waals surface area contributed by atoms with Crippen LogP contribution in [0.2, 0.25) is 0 Å². The molecule has 7 nitrogen and oxygen atoms in total. The quantitative estimate of drug-likeness (QED) is 0.308. The van der Waals surface area contributed by atoms with E-state index in [1.54, 1.807) is 60.8 Å². The van der Waals surface area contributed by atoms with E-state index in [0.717, 1.165) is 0 Å². The molecule has 0 saturated carbocycles. The minimum Gasteiger partial charge on any atom is -0.508 e. The Hall–Kier alpha value is -4.13. The number of amides is 1. The summed E-state index contributed by atoms with van der Waals surface area (Å²) in [7, 11) is 0. The zero-order valence-electron chi connectivity index (χ0n) is 19.0. The van der Waals surface area contributed by atoms with E-state index in [1.165, 1.54) is 17.0 Å². The molecule has 1 saturated heterocycles. The second-order valence-corrected chi connectivity index (χ2v) is 8.57. The SMILES string of the molecule is CC(C)COc1cccc(/C(O)=C2/C(=O)C(=O)N(Cc3ccccn3)C2c2ccc(O)cc2)c1. The van der Waals surface area contributed by atoms with Gasteiger partial charge in [0, 0.05) is 11.8 Å². The summed E-state index contributed by atoms with van der Waals surface area (Å²) in [4.78, 5) is 31.9. The molecule has 1 aliphatic heterocycles. The van der Waals surface area contributed by atoms with Gasteiger partial charge in [-0.25, -0.2) is 0 Å². The Bertz CT molecular complexity index is 1220. The van der Waals surface area contributed by atoms with E-state index in [2.05, 4.69) is 4.98 Å². The number of rotatable bonds is 7. The van der Waals surface area contributed by atoms with Crippen molar-refractivity contribution in [1.29, 1.82) is 0 Å². The maximum Gasteiger partial charge on any atom is 0.296 e. The van der Waals surface area contributed by atoms with Gasteiger partial charge in [0.2, 0.25) is 0 Å². The molecule has 0 bridgehead atoms.